The normalized spacial score (nSPS) is 8.54. The number of aromatic nitrogens is 2. The van der Waals surface area contributed by atoms with Crippen molar-refractivity contribution in [3.05, 3.63) is 23.5 Å². The molecule has 13 heavy (non-hydrogen) atoms. The maximum atomic E-state index is 8.48. The minimum absolute atomic E-state index is 0.0932. The zero-order chi connectivity index (χ0) is 9.68. The first-order valence-corrected chi connectivity index (χ1v) is 3.84. The van der Waals surface area contributed by atoms with Crippen molar-refractivity contribution in [2.24, 2.45) is 0 Å². The first-order valence-electron chi connectivity index (χ1n) is 3.84. The van der Waals surface area contributed by atoms with Crippen molar-refractivity contribution >= 4 is 6.08 Å². The van der Waals surface area contributed by atoms with Crippen molar-refractivity contribution in [3.63, 3.8) is 0 Å². The molecule has 0 saturated heterocycles. The van der Waals surface area contributed by atoms with Crippen LogP contribution >= 0.6 is 0 Å². The van der Waals surface area contributed by atoms with Gasteiger partial charge in [0.15, 0.2) is 0 Å². The Morgan fingerprint density at radius 1 is 1.62 bits per heavy atom. The first kappa shape index (κ1) is 9.02. The maximum absolute atomic E-state index is 8.48. The molecule has 4 nitrogen and oxygen atoms in total. The molecule has 4 heteroatoms. The predicted molar refractivity (Wildman–Crippen MR) is 47.1 cm³/mol. The van der Waals surface area contributed by atoms with E-state index in [0.29, 0.717) is 0 Å². The fourth-order valence-electron chi connectivity index (χ4n) is 0.883. The molecular formula is C9H8N4. The molecule has 0 spiro atoms. The van der Waals surface area contributed by atoms with Crippen LogP contribution in [-0.4, -0.2) is 9.78 Å². The molecule has 0 aliphatic carbocycles. The minimum Gasteiger partial charge on any atom is -0.272 e. The van der Waals surface area contributed by atoms with E-state index in [9.17, 15) is 0 Å². The van der Waals surface area contributed by atoms with E-state index in [2.05, 4.69) is 5.10 Å². The van der Waals surface area contributed by atoms with Gasteiger partial charge in [-0.2, -0.15) is 15.6 Å². The van der Waals surface area contributed by atoms with Gasteiger partial charge in [-0.25, -0.2) is 0 Å². The number of hydrogen-bond donors (Lipinski definition) is 0. The van der Waals surface area contributed by atoms with Crippen LogP contribution in [-0.2, 0) is 6.54 Å². The highest BCUT2D eigenvalue weighted by Gasteiger charge is 1.96. The van der Waals surface area contributed by atoms with Crippen molar-refractivity contribution in [1.29, 1.82) is 10.5 Å². The number of hydrogen-bond acceptors (Lipinski definition) is 3. The molecule has 0 atom stereocenters. The fraction of sp³-hybridized carbons (Fsp3) is 0.222. The van der Waals surface area contributed by atoms with Gasteiger partial charge in [0.2, 0.25) is 0 Å². The van der Waals surface area contributed by atoms with Gasteiger partial charge in [0.25, 0.3) is 0 Å². The van der Waals surface area contributed by atoms with Crippen LogP contribution in [0.25, 0.3) is 6.08 Å². The molecule has 64 valence electrons. The molecule has 1 aromatic heterocycles. The zero-order valence-corrected chi connectivity index (χ0v) is 7.23. The van der Waals surface area contributed by atoms with Gasteiger partial charge in [-0.1, -0.05) is 0 Å². The smallest absolute Gasteiger partial charge is 0.130 e. The molecule has 0 aliphatic rings. The lowest BCUT2D eigenvalue weighted by atomic mass is 10.2. The summed E-state index contributed by atoms with van der Waals surface area (Å²) in [6.45, 7) is 2.75. The van der Waals surface area contributed by atoms with Crippen molar-refractivity contribution in [2.45, 2.75) is 13.5 Å². The average Bonchev–Trinajstić information content (AvgIpc) is 2.61. The molecular weight excluding hydrogens is 164 g/mol. The Balaban J connectivity index is 2.93. The molecule has 1 rings (SSSR count). The lowest BCUT2D eigenvalue weighted by molar-refractivity contribution is 0.660. The molecule has 0 saturated carbocycles. The van der Waals surface area contributed by atoms with Crippen LogP contribution in [0.2, 0.25) is 0 Å². The monoisotopic (exact) mass is 172 g/mol. The van der Waals surface area contributed by atoms with E-state index in [-0.39, 0.29) is 5.57 Å². The van der Waals surface area contributed by atoms with Gasteiger partial charge < -0.3 is 0 Å². The van der Waals surface area contributed by atoms with Crippen molar-refractivity contribution in [1.82, 2.24) is 9.78 Å². The molecule has 0 radical (unpaired) electrons. The van der Waals surface area contributed by atoms with E-state index in [1.165, 1.54) is 6.08 Å². The fourth-order valence-corrected chi connectivity index (χ4v) is 0.883. The van der Waals surface area contributed by atoms with Gasteiger partial charge in [-0.3, -0.25) is 4.68 Å². The summed E-state index contributed by atoms with van der Waals surface area (Å²) >= 11 is 0. The van der Waals surface area contributed by atoms with Crippen molar-refractivity contribution in [3.8, 4) is 12.1 Å². The van der Waals surface area contributed by atoms with Gasteiger partial charge in [0.1, 0.15) is 17.7 Å². The van der Waals surface area contributed by atoms with Gasteiger partial charge >= 0.3 is 0 Å². The maximum Gasteiger partial charge on any atom is 0.130 e. The highest BCUT2D eigenvalue weighted by atomic mass is 15.3. The lowest BCUT2D eigenvalue weighted by Crippen LogP contribution is -1.91. The third kappa shape index (κ3) is 2.18. The Labute approximate surface area is 76.3 Å². The molecule has 1 aromatic rings. The Hall–Kier alpha value is -2.07. The minimum atomic E-state index is 0.0932. The van der Waals surface area contributed by atoms with Crippen molar-refractivity contribution < 1.29 is 0 Å². The van der Waals surface area contributed by atoms with E-state index in [0.717, 1.165) is 12.1 Å². The summed E-state index contributed by atoms with van der Waals surface area (Å²) in [6.07, 6.45) is 4.92. The van der Waals surface area contributed by atoms with Crippen LogP contribution in [0.4, 0.5) is 0 Å². The second-order valence-electron chi connectivity index (χ2n) is 2.41. The quantitative estimate of drug-likeness (QED) is 0.632. The van der Waals surface area contributed by atoms with Crippen LogP contribution < -0.4 is 0 Å². The van der Waals surface area contributed by atoms with Gasteiger partial charge in [0, 0.05) is 18.3 Å². The summed E-state index contributed by atoms with van der Waals surface area (Å²) in [5.74, 6) is 0. The average molecular weight is 172 g/mol. The number of allylic oxidation sites excluding steroid dienone is 1. The third-order valence-electron chi connectivity index (χ3n) is 1.53. The third-order valence-corrected chi connectivity index (χ3v) is 1.53. The number of rotatable bonds is 2. The molecule has 0 fully saturated rings. The second kappa shape index (κ2) is 4.08. The van der Waals surface area contributed by atoms with Crippen LogP contribution in [0, 0.1) is 22.7 Å². The van der Waals surface area contributed by atoms with Gasteiger partial charge in [0.05, 0.1) is 6.20 Å². The number of nitriles is 2. The van der Waals surface area contributed by atoms with Crippen LogP contribution in [0.3, 0.4) is 0 Å². The summed E-state index contributed by atoms with van der Waals surface area (Å²) in [5, 5.41) is 21.0. The summed E-state index contributed by atoms with van der Waals surface area (Å²) in [4.78, 5) is 0. The number of nitrogens with zero attached hydrogens (tertiary/aromatic N) is 4. The SMILES string of the molecule is CCn1cc(C=C(C#N)C#N)cn1. The Morgan fingerprint density at radius 2 is 2.31 bits per heavy atom. The standard InChI is InChI=1S/C9H8N4/c1-2-13-7-9(6-12-13)3-8(4-10)5-11/h3,6-7H,2H2,1H3. The van der Waals surface area contributed by atoms with E-state index in [1.54, 1.807) is 29.2 Å². The molecule has 0 aromatic carbocycles. The van der Waals surface area contributed by atoms with Crippen molar-refractivity contribution in [2.75, 3.05) is 0 Å². The second-order valence-corrected chi connectivity index (χ2v) is 2.41. The Bertz CT molecular complexity index is 384. The molecule has 1 heterocycles. The van der Waals surface area contributed by atoms with Crippen LogP contribution in [0.1, 0.15) is 12.5 Å². The van der Waals surface area contributed by atoms with Gasteiger partial charge in [-0.15, -0.1) is 0 Å². The summed E-state index contributed by atoms with van der Waals surface area (Å²) in [5.41, 5.74) is 0.871. The molecule has 0 aliphatic heterocycles. The van der Waals surface area contributed by atoms with E-state index >= 15 is 0 Å². The molecule has 0 amide bonds. The molecule has 0 N–H and O–H groups in total. The zero-order valence-electron chi connectivity index (χ0n) is 7.23. The Kier molecular flexibility index (Phi) is 2.83. The lowest BCUT2D eigenvalue weighted by Gasteiger charge is -1.89. The van der Waals surface area contributed by atoms with Crippen LogP contribution in [0.5, 0.6) is 0 Å². The van der Waals surface area contributed by atoms with E-state index in [1.807, 2.05) is 6.92 Å². The molecule has 0 bridgehead atoms. The van der Waals surface area contributed by atoms with Gasteiger partial charge in [-0.05, 0) is 13.0 Å². The topological polar surface area (TPSA) is 65.4 Å². The first-order chi connectivity index (χ1) is 6.30. The Morgan fingerprint density at radius 3 is 2.77 bits per heavy atom. The predicted octanol–water partition coefficient (Wildman–Crippen LogP) is 1.33. The number of aryl methyl sites for hydroxylation is 1. The molecule has 0 unspecified atom stereocenters. The van der Waals surface area contributed by atoms with Crippen LogP contribution in [0.15, 0.2) is 18.0 Å². The summed E-state index contributed by atoms with van der Waals surface area (Å²) in [6, 6.07) is 3.58. The summed E-state index contributed by atoms with van der Waals surface area (Å²) < 4.78 is 1.73. The van der Waals surface area contributed by atoms with E-state index in [4.69, 9.17) is 10.5 Å². The highest BCUT2D eigenvalue weighted by molar-refractivity contribution is 5.60. The largest absolute Gasteiger partial charge is 0.272 e. The van der Waals surface area contributed by atoms with E-state index < -0.39 is 0 Å². The summed E-state index contributed by atoms with van der Waals surface area (Å²) in [7, 11) is 0. The highest BCUT2D eigenvalue weighted by Crippen LogP contribution is 2.04.